The third-order valence-corrected chi connectivity index (χ3v) is 4.18. The smallest absolute Gasteiger partial charge is 0.315 e. The molecule has 4 nitrogen and oxygen atoms in total. The van der Waals surface area contributed by atoms with Crippen LogP contribution in [-0.2, 0) is 6.42 Å². The fourth-order valence-corrected chi connectivity index (χ4v) is 2.79. The van der Waals surface area contributed by atoms with Crippen molar-refractivity contribution in [3.05, 3.63) is 51.4 Å². The number of carbonyl (C=O) groups excluding carboxylic acids is 1. The first-order valence-electron chi connectivity index (χ1n) is 6.34. The van der Waals surface area contributed by atoms with E-state index in [0.29, 0.717) is 13.0 Å². The van der Waals surface area contributed by atoms with Gasteiger partial charge >= 0.3 is 6.03 Å². The van der Waals surface area contributed by atoms with Crippen LogP contribution in [0.5, 0.6) is 0 Å². The predicted molar refractivity (Wildman–Crippen MR) is 82.2 cm³/mol. The van der Waals surface area contributed by atoms with Crippen LogP contribution in [0.2, 0.25) is 4.34 Å². The number of halogens is 1. The second-order valence-electron chi connectivity index (χ2n) is 4.33. The molecule has 0 aliphatic heterocycles. The summed E-state index contributed by atoms with van der Waals surface area (Å²) in [5, 5.41) is 5.70. The SMILES string of the molecule is C[C@@H](NC(=O)NCCc1ccccn1)c1ccc(Cl)s1. The summed E-state index contributed by atoms with van der Waals surface area (Å²) in [5.41, 5.74) is 0.964. The second-order valence-corrected chi connectivity index (χ2v) is 6.08. The third kappa shape index (κ3) is 4.51. The van der Waals surface area contributed by atoms with Crippen molar-refractivity contribution in [1.82, 2.24) is 15.6 Å². The Labute approximate surface area is 127 Å². The van der Waals surface area contributed by atoms with E-state index < -0.39 is 0 Å². The van der Waals surface area contributed by atoms with Crippen LogP contribution >= 0.6 is 22.9 Å². The molecule has 1 atom stereocenters. The van der Waals surface area contributed by atoms with E-state index in [2.05, 4.69) is 15.6 Å². The van der Waals surface area contributed by atoms with Gasteiger partial charge in [-0.3, -0.25) is 4.98 Å². The van der Waals surface area contributed by atoms with Gasteiger partial charge < -0.3 is 10.6 Å². The molecule has 0 bridgehead atoms. The number of nitrogens with zero attached hydrogens (tertiary/aromatic N) is 1. The topological polar surface area (TPSA) is 54.0 Å². The molecule has 0 spiro atoms. The Hall–Kier alpha value is -1.59. The van der Waals surface area contributed by atoms with Gasteiger partial charge in [0.2, 0.25) is 0 Å². The maximum atomic E-state index is 11.8. The van der Waals surface area contributed by atoms with Gasteiger partial charge in [0.05, 0.1) is 10.4 Å². The van der Waals surface area contributed by atoms with Crippen molar-refractivity contribution in [1.29, 1.82) is 0 Å². The molecular weight excluding hydrogens is 294 g/mol. The van der Waals surface area contributed by atoms with E-state index in [0.717, 1.165) is 14.9 Å². The minimum Gasteiger partial charge on any atom is -0.338 e. The first kappa shape index (κ1) is 14.8. The molecule has 0 fully saturated rings. The molecule has 2 heterocycles. The molecule has 0 aromatic carbocycles. The highest BCUT2D eigenvalue weighted by Crippen LogP contribution is 2.26. The van der Waals surface area contributed by atoms with Gasteiger partial charge in [0.25, 0.3) is 0 Å². The highest BCUT2D eigenvalue weighted by molar-refractivity contribution is 7.16. The third-order valence-electron chi connectivity index (χ3n) is 2.76. The van der Waals surface area contributed by atoms with Gasteiger partial charge in [-0.2, -0.15) is 0 Å². The molecule has 2 aromatic heterocycles. The summed E-state index contributed by atoms with van der Waals surface area (Å²) in [6, 6.07) is 9.27. The van der Waals surface area contributed by atoms with E-state index in [1.165, 1.54) is 11.3 Å². The molecular formula is C14H16ClN3OS. The normalized spacial score (nSPS) is 11.9. The number of urea groups is 1. The van der Waals surface area contributed by atoms with Crippen molar-refractivity contribution in [2.75, 3.05) is 6.54 Å². The zero-order chi connectivity index (χ0) is 14.4. The van der Waals surface area contributed by atoms with E-state index in [1.54, 1.807) is 6.20 Å². The zero-order valence-corrected chi connectivity index (χ0v) is 12.7. The summed E-state index contributed by atoms with van der Waals surface area (Å²) >= 11 is 7.35. The highest BCUT2D eigenvalue weighted by atomic mass is 35.5. The van der Waals surface area contributed by atoms with Gasteiger partial charge in [-0.25, -0.2) is 4.79 Å². The molecule has 0 unspecified atom stereocenters. The summed E-state index contributed by atoms with van der Waals surface area (Å²) in [5.74, 6) is 0. The standard InChI is InChI=1S/C14H16ClN3OS/c1-10(12-5-6-13(15)20-12)18-14(19)17-9-7-11-4-2-3-8-16-11/h2-6,8,10H,7,9H2,1H3,(H2,17,18,19)/t10-/m1/s1. The molecule has 2 N–H and O–H groups in total. The lowest BCUT2D eigenvalue weighted by Crippen LogP contribution is -2.37. The summed E-state index contributed by atoms with van der Waals surface area (Å²) < 4.78 is 0.726. The van der Waals surface area contributed by atoms with Crippen molar-refractivity contribution in [2.45, 2.75) is 19.4 Å². The van der Waals surface area contributed by atoms with Crippen LogP contribution in [0.1, 0.15) is 23.5 Å². The second kappa shape index (κ2) is 7.26. The Balaban J connectivity index is 1.73. The van der Waals surface area contributed by atoms with Gasteiger partial charge in [0.15, 0.2) is 0 Å². The molecule has 2 rings (SSSR count). The zero-order valence-electron chi connectivity index (χ0n) is 11.1. The van der Waals surface area contributed by atoms with Crippen LogP contribution in [0.4, 0.5) is 4.79 Å². The number of amides is 2. The number of thiophene rings is 1. The molecule has 6 heteroatoms. The average molecular weight is 310 g/mol. The Morgan fingerprint density at radius 3 is 2.90 bits per heavy atom. The molecule has 0 aliphatic rings. The number of hydrogen-bond acceptors (Lipinski definition) is 3. The molecule has 0 saturated carbocycles. The summed E-state index contributed by atoms with van der Waals surface area (Å²) in [7, 11) is 0. The van der Waals surface area contributed by atoms with Crippen molar-refractivity contribution < 1.29 is 4.79 Å². The minimum absolute atomic E-state index is 0.0534. The lowest BCUT2D eigenvalue weighted by atomic mass is 10.2. The van der Waals surface area contributed by atoms with Crippen molar-refractivity contribution in [3.63, 3.8) is 0 Å². The summed E-state index contributed by atoms with van der Waals surface area (Å²) in [6.07, 6.45) is 2.46. The number of aromatic nitrogens is 1. The van der Waals surface area contributed by atoms with Crippen LogP contribution in [-0.4, -0.2) is 17.6 Å². The molecule has 20 heavy (non-hydrogen) atoms. The fourth-order valence-electron chi connectivity index (χ4n) is 1.73. The number of carbonyl (C=O) groups is 1. The maximum absolute atomic E-state index is 11.8. The van der Waals surface area contributed by atoms with Crippen LogP contribution in [0.3, 0.4) is 0 Å². The monoisotopic (exact) mass is 309 g/mol. The quantitative estimate of drug-likeness (QED) is 0.889. The summed E-state index contributed by atoms with van der Waals surface area (Å²) in [6.45, 7) is 2.49. The van der Waals surface area contributed by atoms with E-state index in [-0.39, 0.29) is 12.1 Å². The predicted octanol–water partition coefficient (Wildman–Crippen LogP) is 3.40. The van der Waals surface area contributed by atoms with Crippen molar-refractivity contribution in [3.8, 4) is 0 Å². The Kier molecular flexibility index (Phi) is 5.38. The van der Waals surface area contributed by atoms with Gasteiger partial charge in [-0.1, -0.05) is 17.7 Å². The van der Waals surface area contributed by atoms with Crippen molar-refractivity contribution >= 4 is 29.0 Å². The molecule has 0 aliphatic carbocycles. The number of hydrogen-bond donors (Lipinski definition) is 2. The number of rotatable bonds is 5. The van der Waals surface area contributed by atoms with Crippen LogP contribution in [0.15, 0.2) is 36.5 Å². The molecule has 2 aromatic rings. The molecule has 106 valence electrons. The maximum Gasteiger partial charge on any atom is 0.315 e. The Morgan fingerprint density at radius 2 is 2.25 bits per heavy atom. The first-order valence-corrected chi connectivity index (χ1v) is 7.54. The van der Waals surface area contributed by atoms with E-state index in [9.17, 15) is 4.79 Å². The van der Waals surface area contributed by atoms with Gasteiger partial charge in [-0.05, 0) is 31.2 Å². The van der Waals surface area contributed by atoms with Gasteiger partial charge in [0.1, 0.15) is 0 Å². The first-order chi connectivity index (χ1) is 9.65. The Bertz CT molecular complexity index is 559. The lowest BCUT2D eigenvalue weighted by Gasteiger charge is -2.13. The largest absolute Gasteiger partial charge is 0.338 e. The fraction of sp³-hybridized carbons (Fsp3) is 0.286. The van der Waals surface area contributed by atoms with E-state index >= 15 is 0 Å². The average Bonchev–Trinajstić information content (AvgIpc) is 2.87. The van der Waals surface area contributed by atoms with Gasteiger partial charge in [0, 0.05) is 29.7 Å². The summed E-state index contributed by atoms with van der Waals surface area (Å²) in [4.78, 5) is 17.0. The lowest BCUT2D eigenvalue weighted by molar-refractivity contribution is 0.238. The molecule has 2 amide bonds. The van der Waals surface area contributed by atoms with Gasteiger partial charge in [-0.15, -0.1) is 11.3 Å². The minimum atomic E-state index is -0.182. The van der Waals surface area contributed by atoms with E-state index in [1.807, 2.05) is 37.3 Å². The van der Waals surface area contributed by atoms with Crippen LogP contribution in [0, 0.1) is 0 Å². The van der Waals surface area contributed by atoms with Crippen LogP contribution in [0.25, 0.3) is 0 Å². The number of nitrogens with one attached hydrogen (secondary N) is 2. The highest BCUT2D eigenvalue weighted by Gasteiger charge is 2.11. The molecule has 0 radical (unpaired) electrons. The van der Waals surface area contributed by atoms with E-state index in [4.69, 9.17) is 11.6 Å². The Morgan fingerprint density at radius 1 is 1.40 bits per heavy atom. The van der Waals surface area contributed by atoms with Crippen LogP contribution < -0.4 is 10.6 Å². The molecule has 0 saturated heterocycles. The van der Waals surface area contributed by atoms with Crippen molar-refractivity contribution in [2.24, 2.45) is 0 Å². The number of pyridine rings is 1.